The van der Waals surface area contributed by atoms with Crippen LogP contribution in [0.5, 0.6) is 0 Å². The van der Waals surface area contributed by atoms with Crippen molar-refractivity contribution < 1.29 is 9.59 Å². The van der Waals surface area contributed by atoms with Crippen molar-refractivity contribution in [2.75, 3.05) is 13.1 Å². The van der Waals surface area contributed by atoms with Crippen LogP contribution in [0.1, 0.15) is 60.4 Å². The van der Waals surface area contributed by atoms with Gasteiger partial charge in [-0.3, -0.25) is 14.6 Å². The number of carbonyl (C=O) groups excluding carboxylic acids is 2. The minimum Gasteiger partial charge on any atom is -0.345 e. The number of amides is 2. The first-order chi connectivity index (χ1) is 13.5. The molecule has 3 rings (SSSR count). The van der Waals surface area contributed by atoms with E-state index in [0.717, 1.165) is 36.9 Å². The first-order valence-electron chi connectivity index (χ1n) is 10.1. The number of hydrogen-bond acceptors (Lipinski definition) is 3. The molecule has 2 amide bonds. The van der Waals surface area contributed by atoms with E-state index in [2.05, 4.69) is 42.3 Å². The second-order valence-corrected chi connectivity index (χ2v) is 7.57. The Hall–Kier alpha value is -2.69. The highest BCUT2D eigenvalue weighted by molar-refractivity contribution is 5.79. The molecular formula is C23H29N3O2. The predicted octanol–water partition coefficient (Wildman–Crippen LogP) is 3.70. The van der Waals surface area contributed by atoms with Gasteiger partial charge >= 0.3 is 0 Å². The molecule has 5 nitrogen and oxygen atoms in total. The molecule has 1 aliphatic heterocycles. The van der Waals surface area contributed by atoms with Crippen LogP contribution < -0.4 is 5.32 Å². The third kappa shape index (κ3) is 5.18. The molecular weight excluding hydrogens is 350 g/mol. The minimum absolute atomic E-state index is 0.0517. The Bertz CT molecular complexity index is 820. The number of likely N-dealkylation sites (tertiary alicyclic amines) is 1. The second-order valence-electron chi connectivity index (χ2n) is 7.57. The maximum atomic E-state index is 12.7. The zero-order valence-electron chi connectivity index (χ0n) is 16.8. The Morgan fingerprint density at radius 2 is 2.00 bits per heavy atom. The average molecular weight is 380 g/mol. The molecule has 1 N–H and O–H groups in total. The van der Waals surface area contributed by atoms with Gasteiger partial charge in [-0.2, -0.15) is 0 Å². The van der Waals surface area contributed by atoms with Gasteiger partial charge in [0, 0.05) is 38.3 Å². The van der Waals surface area contributed by atoms with Crippen LogP contribution in [-0.2, 0) is 9.59 Å². The molecule has 1 aromatic heterocycles. The maximum Gasteiger partial charge on any atom is 0.222 e. The van der Waals surface area contributed by atoms with Gasteiger partial charge in [0.05, 0.1) is 6.04 Å². The molecule has 1 unspecified atom stereocenters. The fourth-order valence-electron chi connectivity index (χ4n) is 3.59. The normalized spacial score (nSPS) is 15.8. The molecule has 2 aromatic rings. The Morgan fingerprint density at radius 1 is 1.14 bits per heavy atom. The third-order valence-corrected chi connectivity index (χ3v) is 5.47. The first-order valence-corrected chi connectivity index (χ1v) is 10.1. The number of hydrogen-bond donors (Lipinski definition) is 1. The van der Waals surface area contributed by atoms with Gasteiger partial charge < -0.3 is 10.2 Å². The van der Waals surface area contributed by atoms with Crippen LogP contribution in [-0.4, -0.2) is 34.8 Å². The van der Waals surface area contributed by atoms with Gasteiger partial charge in [-0.25, -0.2) is 0 Å². The quantitative estimate of drug-likeness (QED) is 0.832. The van der Waals surface area contributed by atoms with Crippen LogP contribution >= 0.6 is 0 Å². The van der Waals surface area contributed by atoms with Crippen molar-refractivity contribution >= 4 is 11.8 Å². The molecule has 0 spiro atoms. The molecule has 1 aliphatic rings. The monoisotopic (exact) mass is 379 g/mol. The highest BCUT2D eigenvalue weighted by Gasteiger charge is 2.20. The number of nitrogens with zero attached hydrogens (tertiary/aromatic N) is 2. The molecule has 0 saturated carbocycles. The second kappa shape index (κ2) is 9.49. The Balaban J connectivity index is 1.71. The minimum atomic E-state index is -0.250. The van der Waals surface area contributed by atoms with E-state index in [-0.39, 0.29) is 17.9 Å². The molecule has 28 heavy (non-hydrogen) atoms. The van der Waals surface area contributed by atoms with E-state index in [1.165, 1.54) is 11.1 Å². The fraction of sp³-hybridized carbons (Fsp3) is 0.435. The van der Waals surface area contributed by atoms with E-state index in [4.69, 9.17) is 0 Å². The Morgan fingerprint density at radius 3 is 2.75 bits per heavy atom. The van der Waals surface area contributed by atoms with Gasteiger partial charge in [0.2, 0.25) is 11.8 Å². The molecule has 1 fully saturated rings. The van der Waals surface area contributed by atoms with Crippen LogP contribution in [0.15, 0.2) is 42.7 Å². The standard InChI is InChI=1S/C23H29N3O2/c1-17-9-10-19(15-18(17)2)23(20-7-6-12-24-16-20)25-21(27)11-14-26-13-5-3-4-8-22(26)28/h6-7,9-10,12,15-16,23H,3-5,8,11,13-14H2,1-2H3,(H,25,27). The van der Waals surface area contributed by atoms with Crippen molar-refractivity contribution in [3.8, 4) is 0 Å². The van der Waals surface area contributed by atoms with E-state index in [9.17, 15) is 9.59 Å². The fourth-order valence-corrected chi connectivity index (χ4v) is 3.59. The number of rotatable bonds is 6. The third-order valence-electron chi connectivity index (χ3n) is 5.47. The van der Waals surface area contributed by atoms with Gasteiger partial charge in [-0.1, -0.05) is 30.7 Å². The van der Waals surface area contributed by atoms with Crippen molar-refractivity contribution in [3.05, 3.63) is 65.0 Å². The van der Waals surface area contributed by atoms with E-state index < -0.39 is 0 Å². The summed E-state index contributed by atoms with van der Waals surface area (Å²) < 4.78 is 0. The molecule has 1 aromatic carbocycles. The predicted molar refractivity (Wildman–Crippen MR) is 110 cm³/mol. The van der Waals surface area contributed by atoms with E-state index in [1.54, 1.807) is 12.4 Å². The molecule has 0 aliphatic carbocycles. The van der Waals surface area contributed by atoms with E-state index in [0.29, 0.717) is 19.4 Å². The topological polar surface area (TPSA) is 62.3 Å². The number of pyridine rings is 1. The molecule has 1 saturated heterocycles. The van der Waals surface area contributed by atoms with Crippen LogP contribution in [0.2, 0.25) is 0 Å². The highest BCUT2D eigenvalue weighted by atomic mass is 16.2. The zero-order chi connectivity index (χ0) is 19.9. The lowest BCUT2D eigenvalue weighted by Gasteiger charge is -2.23. The Kier molecular flexibility index (Phi) is 6.80. The lowest BCUT2D eigenvalue weighted by Crippen LogP contribution is -2.36. The van der Waals surface area contributed by atoms with Crippen LogP contribution in [0.3, 0.4) is 0 Å². The van der Waals surface area contributed by atoms with Crippen LogP contribution in [0.25, 0.3) is 0 Å². The number of aromatic nitrogens is 1. The molecule has 0 bridgehead atoms. The molecule has 5 heteroatoms. The SMILES string of the molecule is Cc1ccc(C(NC(=O)CCN2CCCCCC2=O)c2cccnc2)cc1C. The number of carbonyl (C=O) groups is 2. The number of aryl methyl sites for hydroxylation is 2. The maximum absolute atomic E-state index is 12.7. The molecule has 2 heterocycles. The summed E-state index contributed by atoms with van der Waals surface area (Å²) in [6.07, 6.45) is 7.50. The van der Waals surface area contributed by atoms with Crippen molar-refractivity contribution in [1.29, 1.82) is 0 Å². The largest absolute Gasteiger partial charge is 0.345 e. The number of benzene rings is 1. The highest BCUT2D eigenvalue weighted by Crippen LogP contribution is 2.24. The smallest absolute Gasteiger partial charge is 0.222 e. The van der Waals surface area contributed by atoms with Crippen LogP contribution in [0.4, 0.5) is 0 Å². The van der Waals surface area contributed by atoms with E-state index in [1.807, 2.05) is 17.0 Å². The molecule has 0 radical (unpaired) electrons. The van der Waals surface area contributed by atoms with Gasteiger partial charge in [0.1, 0.15) is 0 Å². The zero-order valence-corrected chi connectivity index (χ0v) is 16.8. The summed E-state index contributed by atoms with van der Waals surface area (Å²) in [7, 11) is 0. The summed E-state index contributed by atoms with van der Waals surface area (Å²) in [5.74, 6) is 0.118. The van der Waals surface area contributed by atoms with Crippen LogP contribution in [0, 0.1) is 13.8 Å². The summed E-state index contributed by atoms with van der Waals surface area (Å²) in [4.78, 5) is 30.9. The average Bonchev–Trinajstić information content (AvgIpc) is 2.91. The van der Waals surface area contributed by atoms with Gasteiger partial charge in [0.15, 0.2) is 0 Å². The Labute approximate surface area is 167 Å². The summed E-state index contributed by atoms with van der Waals surface area (Å²) in [5.41, 5.74) is 4.40. The summed E-state index contributed by atoms with van der Waals surface area (Å²) in [6.45, 7) is 5.40. The van der Waals surface area contributed by atoms with Gasteiger partial charge in [-0.05, 0) is 55.0 Å². The van der Waals surface area contributed by atoms with Crippen molar-refractivity contribution in [3.63, 3.8) is 0 Å². The summed E-state index contributed by atoms with van der Waals surface area (Å²) in [6, 6.07) is 9.86. The summed E-state index contributed by atoms with van der Waals surface area (Å²) in [5, 5.41) is 3.15. The lowest BCUT2D eigenvalue weighted by atomic mass is 9.96. The van der Waals surface area contributed by atoms with Crippen molar-refractivity contribution in [1.82, 2.24) is 15.2 Å². The van der Waals surface area contributed by atoms with Crippen molar-refractivity contribution in [2.45, 2.75) is 52.0 Å². The first kappa shape index (κ1) is 20.1. The van der Waals surface area contributed by atoms with Gasteiger partial charge in [0.25, 0.3) is 0 Å². The van der Waals surface area contributed by atoms with Gasteiger partial charge in [-0.15, -0.1) is 0 Å². The lowest BCUT2D eigenvalue weighted by molar-refractivity contribution is -0.131. The molecule has 148 valence electrons. The van der Waals surface area contributed by atoms with Crippen molar-refractivity contribution in [2.24, 2.45) is 0 Å². The molecule has 1 atom stereocenters. The van der Waals surface area contributed by atoms with E-state index >= 15 is 0 Å². The number of nitrogens with one attached hydrogen (secondary N) is 1. The summed E-state index contributed by atoms with van der Waals surface area (Å²) >= 11 is 0.